The predicted molar refractivity (Wildman–Crippen MR) is 80.9 cm³/mol. The number of amides is 1. The summed E-state index contributed by atoms with van der Waals surface area (Å²) in [4.78, 5) is 14.0. The van der Waals surface area contributed by atoms with E-state index in [2.05, 4.69) is 26.1 Å². The van der Waals surface area contributed by atoms with E-state index in [9.17, 15) is 4.79 Å². The molecule has 0 aliphatic carbocycles. The summed E-state index contributed by atoms with van der Waals surface area (Å²) in [7, 11) is 3.65. The molecule has 4 nitrogen and oxygen atoms in total. The van der Waals surface area contributed by atoms with Gasteiger partial charge in [0.2, 0.25) is 0 Å². The molecule has 0 bridgehead atoms. The summed E-state index contributed by atoms with van der Waals surface area (Å²) in [6.07, 6.45) is 0. The predicted octanol–water partition coefficient (Wildman–Crippen LogP) is 2.41. The number of methoxy groups -OCH3 is 1. The molecule has 0 aliphatic heterocycles. The minimum Gasteiger partial charge on any atom is -0.383 e. The average molecular weight is 350 g/mol. The van der Waals surface area contributed by atoms with E-state index < -0.39 is 0 Å². The zero-order chi connectivity index (χ0) is 14.3. The fourth-order valence-electron chi connectivity index (χ4n) is 1.49. The average Bonchev–Trinajstić information content (AvgIpc) is 2.39. The van der Waals surface area contributed by atoms with Crippen molar-refractivity contribution in [3.63, 3.8) is 0 Å². The van der Waals surface area contributed by atoms with Crippen molar-refractivity contribution in [3.05, 3.63) is 33.3 Å². The summed E-state index contributed by atoms with van der Waals surface area (Å²) in [5.74, 6) is -0.161. The second-order valence-corrected chi connectivity index (χ2v) is 5.50. The number of nitrogens with one attached hydrogen (secondary N) is 1. The van der Waals surface area contributed by atoms with Crippen LogP contribution in [0.3, 0.4) is 0 Å². The van der Waals surface area contributed by atoms with Crippen molar-refractivity contribution in [3.8, 4) is 0 Å². The van der Waals surface area contributed by atoms with Gasteiger partial charge in [-0.05, 0) is 25.2 Å². The van der Waals surface area contributed by atoms with E-state index in [1.165, 1.54) is 0 Å². The lowest BCUT2D eigenvalue weighted by Gasteiger charge is -2.16. The summed E-state index contributed by atoms with van der Waals surface area (Å²) < 4.78 is 5.82. The first-order valence-corrected chi connectivity index (χ1v) is 7.12. The number of hydrogen-bond acceptors (Lipinski definition) is 3. The molecule has 0 saturated carbocycles. The van der Waals surface area contributed by atoms with Crippen molar-refractivity contribution in [1.29, 1.82) is 0 Å². The minimum absolute atomic E-state index is 0.161. The van der Waals surface area contributed by atoms with Crippen molar-refractivity contribution >= 4 is 33.4 Å². The molecule has 1 rings (SSSR count). The number of ether oxygens (including phenoxy) is 1. The van der Waals surface area contributed by atoms with Gasteiger partial charge in [-0.25, -0.2) is 0 Å². The van der Waals surface area contributed by atoms with Crippen LogP contribution in [-0.2, 0) is 4.74 Å². The monoisotopic (exact) mass is 348 g/mol. The highest BCUT2D eigenvalue weighted by Gasteiger charge is 2.10. The summed E-state index contributed by atoms with van der Waals surface area (Å²) in [6, 6.07) is 5.22. The van der Waals surface area contributed by atoms with Gasteiger partial charge in [0.05, 0.1) is 17.2 Å². The molecule has 0 heterocycles. The fourth-order valence-corrected chi connectivity index (χ4v) is 2.05. The van der Waals surface area contributed by atoms with Crippen molar-refractivity contribution in [2.24, 2.45) is 0 Å². The highest BCUT2D eigenvalue weighted by atomic mass is 79.9. The third kappa shape index (κ3) is 5.91. The Morgan fingerprint density at radius 1 is 1.47 bits per heavy atom. The first kappa shape index (κ1) is 16.4. The Labute approximate surface area is 127 Å². The van der Waals surface area contributed by atoms with Gasteiger partial charge in [-0.3, -0.25) is 4.79 Å². The third-order valence-electron chi connectivity index (χ3n) is 2.63. The van der Waals surface area contributed by atoms with Crippen LogP contribution in [0.25, 0.3) is 0 Å². The van der Waals surface area contributed by atoms with Gasteiger partial charge >= 0.3 is 0 Å². The molecule has 0 saturated heterocycles. The molecular formula is C13H18BrClN2O2. The number of hydrogen-bond donors (Lipinski definition) is 1. The SMILES string of the molecule is COCCN(C)CCNC(=O)c1cc(Br)ccc1Cl. The standard InChI is InChI=1S/C13H18BrClN2O2/c1-17(7-8-19-2)6-5-16-13(18)11-9-10(14)3-4-12(11)15/h3-4,9H,5-8H2,1-2H3,(H,16,18). The van der Waals surface area contributed by atoms with Crippen molar-refractivity contribution < 1.29 is 9.53 Å². The Kier molecular flexibility index (Phi) is 7.38. The molecule has 1 amide bonds. The van der Waals surface area contributed by atoms with E-state index in [1.54, 1.807) is 25.3 Å². The lowest BCUT2D eigenvalue weighted by molar-refractivity contribution is 0.0947. The van der Waals surface area contributed by atoms with Crippen LogP contribution in [0, 0.1) is 0 Å². The molecule has 0 atom stereocenters. The molecule has 0 fully saturated rings. The summed E-state index contributed by atoms with van der Waals surface area (Å²) in [5.41, 5.74) is 0.482. The lowest BCUT2D eigenvalue weighted by atomic mass is 10.2. The van der Waals surface area contributed by atoms with Crippen LogP contribution in [0.1, 0.15) is 10.4 Å². The van der Waals surface area contributed by atoms with Crippen molar-refractivity contribution in [2.45, 2.75) is 0 Å². The number of carbonyl (C=O) groups excluding carboxylic acids is 1. The Morgan fingerprint density at radius 2 is 2.21 bits per heavy atom. The van der Waals surface area contributed by atoms with Gasteiger partial charge in [0, 0.05) is 31.2 Å². The number of nitrogens with zero attached hydrogens (tertiary/aromatic N) is 1. The summed E-state index contributed by atoms with van der Waals surface area (Å²) >= 11 is 9.32. The van der Waals surface area contributed by atoms with Crippen LogP contribution in [0.2, 0.25) is 5.02 Å². The van der Waals surface area contributed by atoms with E-state index in [0.29, 0.717) is 23.7 Å². The van der Waals surface area contributed by atoms with Crippen molar-refractivity contribution in [1.82, 2.24) is 10.2 Å². The second kappa shape index (κ2) is 8.53. The topological polar surface area (TPSA) is 41.6 Å². The van der Waals surface area contributed by atoms with Gasteiger partial charge in [0.15, 0.2) is 0 Å². The molecule has 1 N–H and O–H groups in total. The fraction of sp³-hybridized carbons (Fsp3) is 0.462. The summed E-state index contributed by atoms with van der Waals surface area (Å²) in [5, 5.41) is 3.30. The molecular weight excluding hydrogens is 332 g/mol. The van der Waals surface area contributed by atoms with Gasteiger partial charge in [-0.2, -0.15) is 0 Å². The molecule has 0 aliphatic rings. The van der Waals surface area contributed by atoms with Crippen LogP contribution in [0.4, 0.5) is 0 Å². The maximum atomic E-state index is 12.0. The van der Waals surface area contributed by atoms with E-state index >= 15 is 0 Å². The number of carbonyl (C=O) groups is 1. The van der Waals surface area contributed by atoms with Gasteiger partial charge in [0.25, 0.3) is 5.91 Å². The van der Waals surface area contributed by atoms with E-state index in [1.807, 2.05) is 7.05 Å². The molecule has 0 radical (unpaired) electrons. The van der Waals surface area contributed by atoms with Crippen LogP contribution < -0.4 is 5.32 Å². The lowest BCUT2D eigenvalue weighted by Crippen LogP contribution is -2.34. The number of likely N-dealkylation sites (N-methyl/N-ethyl adjacent to an activating group) is 1. The van der Waals surface area contributed by atoms with Crippen LogP contribution >= 0.6 is 27.5 Å². The van der Waals surface area contributed by atoms with E-state index in [0.717, 1.165) is 17.6 Å². The Bertz CT molecular complexity index is 429. The molecule has 1 aromatic rings. The van der Waals surface area contributed by atoms with Gasteiger partial charge in [0.1, 0.15) is 0 Å². The number of benzene rings is 1. The normalized spacial score (nSPS) is 10.8. The first-order chi connectivity index (χ1) is 9.04. The molecule has 0 spiro atoms. The second-order valence-electron chi connectivity index (χ2n) is 4.18. The quantitative estimate of drug-likeness (QED) is 0.822. The smallest absolute Gasteiger partial charge is 0.252 e. The van der Waals surface area contributed by atoms with Crippen LogP contribution in [-0.4, -0.2) is 51.2 Å². The first-order valence-electron chi connectivity index (χ1n) is 5.95. The largest absolute Gasteiger partial charge is 0.383 e. The van der Waals surface area contributed by atoms with E-state index in [-0.39, 0.29) is 5.91 Å². The van der Waals surface area contributed by atoms with Crippen LogP contribution in [0.5, 0.6) is 0 Å². The van der Waals surface area contributed by atoms with Crippen LogP contribution in [0.15, 0.2) is 22.7 Å². The zero-order valence-corrected chi connectivity index (χ0v) is 13.4. The highest BCUT2D eigenvalue weighted by molar-refractivity contribution is 9.10. The van der Waals surface area contributed by atoms with Crippen molar-refractivity contribution in [2.75, 3.05) is 40.4 Å². The highest BCUT2D eigenvalue weighted by Crippen LogP contribution is 2.20. The Hall–Kier alpha value is -0.620. The molecule has 106 valence electrons. The molecule has 19 heavy (non-hydrogen) atoms. The molecule has 0 unspecified atom stereocenters. The number of halogens is 2. The number of rotatable bonds is 7. The Balaban J connectivity index is 2.41. The molecule has 1 aromatic carbocycles. The third-order valence-corrected chi connectivity index (χ3v) is 3.45. The summed E-state index contributed by atoms with van der Waals surface area (Å²) in [6.45, 7) is 2.86. The van der Waals surface area contributed by atoms with Gasteiger partial charge in [-0.1, -0.05) is 27.5 Å². The van der Waals surface area contributed by atoms with E-state index in [4.69, 9.17) is 16.3 Å². The maximum absolute atomic E-state index is 12.0. The maximum Gasteiger partial charge on any atom is 0.252 e. The zero-order valence-electron chi connectivity index (χ0n) is 11.1. The molecule has 0 aromatic heterocycles. The van der Waals surface area contributed by atoms with Gasteiger partial charge < -0.3 is 15.0 Å². The minimum atomic E-state index is -0.161. The Morgan fingerprint density at radius 3 is 2.89 bits per heavy atom. The molecule has 6 heteroatoms. The van der Waals surface area contributed by atoms with Gasteiger partial charge in [-0.15, -0.1) is 0 Å².